The third-order valence-corrected chi connectivity index (χ3v) is 7.39. The van der Waals surface area contributed by atoms with E-state index >= 15 is 0 Å². The Balaban J connectivity index is 3.32. The molecule has 1 saturated carbocycles. The first-order chi connectivity index (χ1) is 9.08. The van der Waals surface area contributed by atoms with Gasteiger partial charge in [-0.1, -0.05) is 67.2 Å². The predicted octanol–water partition coefficient (Wildman–Crippen LogP) is 4.39. The van der Waals surface area contributed by atoms with Crippen molar-refractivity contribution in [3.8, 4) is 0 Å². The Kier molecular flexibility index (Phi) is 5.36. The molecule has 0 atom stereocenters. The van der Waals surface area contributed by atoms with Crippen LogP contribution in [0.2, 0.25) is 0 Å². The summed E-state index contributed by atoms with van der Waals surface area (Å²) in [6.07, 6.45) is 7.03. The zero-order chi connectivity index (χ0) is 15.7. The molecular weight excluding hydrogens is 248 g/mol. The second-order valence-corrected chi connectivity index (χ2v) is 8.64. The molecule has 20 heavy (non-hydrogen) atoms. The van der Waals surface area contributed by atoms with Crippen LogP contribution in [0, 0.1) is 21.7 Å². The van der Waals surface area contributed by atoms with Gasteiger partial charge in [-0.2, -0.15) is 0 Å². The van der Waals surface area contributed by atoms with Gasteiger partial charge in [0.05, 0.1) is 13.2 Å². The number of rotatable bonds is 2. The molecule has 1 fully saturated rings. The van der Waals surface area contributed by atoms with Gasteiger partial charge in [-0.25, -0.2) is 0 Å². The van der Waals surface area contributed by atoms with Gasteiger partial charge in [-0.05, 0) is 29.1 Å². The smallest absolute Gasteiger partial charge is 0.0514 e. The van der Waals surface area contributed by atoms with Crippen LogP contribution < -0.4 is 0 Å². The maximum atomic E-state index is 10.1. The summed E-state index contributed by atoms with van der Waals surface area (Å²) in [6.45, 7) is 14.0. The lowest BCUT2D eigenvalue weighted by Crippen LogP contribution is -2.57. The molecule has 120 valence electrons. The third-order valence-electron chi connectivity index (χ3n) is 7.39. The average Bonchev–Trinajstić information content (AvgIpc) is 2.36. The molecular formula is C18H36O2. The van der Waals surface area contributed by atoms with E-state index in [1.54, 1.807) is 0 Å². The molecule has 2 nitrogen and oxygen atoms in total. The Morgan fingerprint density at radius 3 is 1.55 bits per heavy atom. The fourth-order valence-electron chi connectivity index (χ4n) is 4.12. The molecule has 0 aromatic rings. The lowest BCUT2D eigenvalue weighted by molar-refractivity contribution is -0.154. The fourth-order valence-corrected chi connectivity index (χ4v) is 4.12. The predicted molar refractivity (Wildman–Crippen MR) is 85.6 cm³/mol. The van der Waals surface area contributed by atoms with Gasteiger partial charge in [0, 0.05) is 5.41 Å². The van der Waals surface area contributed by atoms with Crippen LogP contribution in [0.25, 0.3) is 0 Å². The minimum absolute atomic E-state index is 0.0444. The van der Waals surface area contributed by atoms with Crippen LogP contribution >= 0.6 is 0 Å². The second-order valence-electron chi connectivity index (χ2n) is 8.64. The molecule has 0 aromatic heterocycles. The van der Waals surface area contributed by atoms with Crippen molar-refractivity contribution >= 4 is 0 Å². The highest BCUT2D eigenvalue weighted by atomic mass is 16.3. The molecule has 2 heteroatoms. The summed E-state index contributed by atoms with van der Waals surface area (Å²) >= 11 is 0. The van der Waals surface area contributed by atoms with Crippen molar-refractivity contribution in [1.29, 1.82) is 0 Å². The highest BCUT2D eigenvalue weighted by Gasteiger charge is 2.57. The van der Waals surface area contributed by atoms with Gasteiger partial charge in [0.25, 0.3) is 0 Å². The molecule has 1 aliphatic rings. The van der Waals surface area contributed by atoms with Gasteiger partial charge in [-0.3, -0.25) is 0 Å². The molecule has 0 aliphatic heterocycles. The molecule has 0 unspecified atom stereocenters. The lowest BCUT2D eigenvalue weighted by Gasteiger charge is -2.60. The van der Waals surface area contributed by atoms with Gasteiger partial charge < -0.3 is 10.2 Å². The summed E-state index contributed by atoms with van der Waals surface area (Å²) in [4.78, 5) is 0. The van der Waals surface area contributed by atoms with Gasteiger partial charge in [-0.15, -0.1) is 0 Å². The number of aliphatic hydroxyl groups is 2. The maximum absolute atomic E-state index is 10.1. The van der Waals surface area contributed by atoms with Crippen molar-refractivity contribution in [3.63, 3.8) is 0 Å². The largest absolute Gasteiger partial charge is 0.396 e. The first-order valence-electron chi connectivity index (χ1n) is 8.30. The molecule has 0 bridgehead atoms. The van der Waals surface area contributed by atoms with E-state index in [1.165, 1.54) is 25.7 Å². The third kappa shape index (κ3) is 2.66. The van der Waals surface area contributed by atoms with Crippen molar-refractivity contribution in [2.45, 2.75) is 80.1 Å². The summed E-state index contributed by atoms with van der Waals surface area (Å²) in [6, 6.07) is 0. The van der Waals surface area contributed by atoms with Crippen LogP contribution in [0.4, 0.5) is 0 Å². The molecule has 2 N–H and O–H groups in total. The van der Waals surface area contributed by atoms with Crippen molar-refractivity contribution in [2.75, 3.05) is 13.2 Å². The van der Waals surface area contributed by atoms with Gasteiger partial charge >= 0.3 is 0 Å². The average molecular weight is 284 g/mol. The molecule has 0 spiro atoms. The molecule has 1 aliphatic carbocycles. The Morgan fingerprint density at radius 1 is 0.650 bits per heavy atom. The van der Waals surface area contributed by atoms with E-state index < -0.39 is 0 Å². The van der Waals surface area contributed by atoms with Crippen molar-refractivity contribution in [2.24, 2.45) is 21.7 Å². The van der Waals surface area contributed by atoms with Gasteiger partial charge in [0.2, 0.25) is 0 Å². The van der Waals surface area contributed by atoms with Gasteiger partial charge in [0.15, 0.2) is 0 Å². The number of hydrogen-bond donors (Lipinski definition) is 2. The van der Waals surface area contributed by atoms with E-state index in [1.807, 2.05) is 0 Å². The summed E-state index contributed by atoms with van der Waals surface area (Å²) in [5, 5.41) is 20.2. The van der Waals surface area contributed by atoms with E-state index in [4.69, 9.17) is 0 Å². The van der Waals surface area contributed by atoms with Crippen molar-refractivity contribution in [3.05, 3.63) is 0 Å². The Hall–Kier alpha value is -0.0800. The fraction of sp³-hybridized carbons (Fsp3) is 1.00. The zero-order valence-electron chi connectivity index (χ0n) is 14.6. The van der Waals surface area contributed by atoms with Crippen molar-refractivity contribution in [1.82, 2.24) is 0 Å². The van der Waals surface area contributed by atoms with E-state index in [0.717, 1.165) is 12.8 Å². The summed E-state index contributed by atoms with van der Waals surface area (Å²) in [5.74, 6) is 0. The van der Waals surface area contributed by atoms with Crippen LogP contribution in [-0.4, -0.2) is 23.4 Å². The van der Waals surface area contributed by atoms with E-state index in [9.17, 15) is 10.2 Å². The molecule has 0 aromatic carbocycles. The molecule has 0 saturated heterocycles. The Bertz CT molecular complexity index is 307. The van der Waals surface area contributed by atoms with E-state index in [-0.39, 0.29) is 34.9 Å². The van der Waals surface area contributed by atoms with Gasteiger partial charge in [0.1, 0.15) is 0 Å². The minimum Gasteiger partial charge on any atom is -0.396 e. The molecule has 0 amide bonds. The quantitative estimate of drug-likeness (QED) is 0.789. The minimum atomic E-state index is -0.384. The summed E-state index contributed by atoms with van der Waals surface area (Å²) in [7, 11) is 0. The number of aliphatic hydroxyl groups excluding tert-OH is 2. The molecule has 0 heterocycles. The van der Waals surface area contributed by atoms with Crippen LogP contribution in [0.3, 0.4) is 0 Å². The van der Waals surface area contributed by atoms with Crippen LogP contribution in [0.5, 0.6) is 0 Å². The van der Waals surface area contributed by atoms with Crippen LogP contribution in [-0.2, 0) is 0 Å². The standard InChI is InChI=1S/C18H36O2/c1-15(2)11-9-7-8-10-12-18(13-19,14-20)17(5,6)16(15,3)4/h19-20H,7-14H2,1-6H3. The van der Waals surface area contributed by atoms with E-state index in [2.05, 4.69) is 41.5 Å². The van der Waals surface area contributed by atoms with Crippen LogP contribution in [0.1, 0.15) is 80.1 Å². The highest BCUT2D eigenvalue weighted by Crippen LogP contribution is 2.61. The summed E-state index contributed by atoms with van der Waals surface area (Å²) < 4.78 is 0. The normalized spacial score (nSPS) is 28.8. The van der Waals surface area contributed by atoms with E-state index in [0.29, 0.717) is 0 Å². The first-order valence-corrected chi connectivity index (χ1v) is 8.30. The second kappa shape index (κ2) is 5.96. The number of hydrogen-bond acceptors (Lipinski definition) is 2. The maximum Gasteiger partial charge on any atom is 0.0514 e. The molecule has 1 rings (SSSR count). The monoisotopic (exact) mass is 284 g/mol. The van der Waals surface area contributed by atoms with Crippen molar-refractivity contribution < 1.29 is 10.2 Å². The first kappa shape index (κ1) is 18.0. The highest BCUT2D eigenvalue weighted by molar-refractivity contribution is 5.05. The Labute approximate surface area is 126 Å². The van der Waals surface area contributed by atoms with Crippen LogP contribution in [0.15, 0.2) is 0 Å². The summed E-state index contributed by atoms with van der Waals surface area (Å²) in [5.41, 5.74) is -0.262. The molecule has 0 radical (unpaired) electrons. The topological polar surface area (TPSA) is 40.5 Å². The Morgan fingerprint density at radius 2 is 1.10 bits per heavy atom. The lowest BCUT2D eigenvalue weighted by atomic mass is 9.45. The zero-order valence-corrected chi connectivity index (χ0v) is 14.6. The SMILES string of the molecule is CC1(C)CCCCCCC(CO)(CO)C(C)(C)C1(C)C.